The Morgan fingerprint density at radius 1 is 1.04 bits per heavy atom. The van der Waals surface area contributed by atoms with E-state index in [9.17, 15) is 9.59 Å². The molecule has 3 rings (SSSR count). The van der Waals surface area contributed by atoms with Gasteiger partial charge in [-0.25, -0.2) is 4.79 Å². The summed E-state index contributed by atoms with van der Waals surface area (Å²) in [4.78, 5) is 26.9. The van der Waals surface area contributed by atoms with Crippen molar-refractivity contribution in [3.63, 3.8) is 0 Å². The predicted molar refractivity (Wildman–Crippen MR) is 93.8 cm³/mol. The average Bonchev–Trinajstić information content (AvgIpc) is 2.92. The van der Waals surface area contributed by atoms with E-state index in [-0.39, 0.29) is 18.5 Å². The van der Waals surface area contributed by atoms with Crippen LogP contribution >= 0.6 is 0 Å². The number of anilines is 1. The lowest BCUT2D eigenvalue weighted by Crippen LogP contribution is -2.38. The number of carbonyl (C=O) groups is 2. The predicted octanol–water partition coefficient (Wildman–Crippen LogP) is 2.55. The lowest BCUT2D eigenvalue weighted by atomic mass is 10.1. The van der Waals surface area contributed by atoms with Crippen LogP contribution in [0, 0.1) is 6.92 Å². The fourth-order valence-electron chi connectivity index (χ4n) is 2.76. The van der Waals surface area contributed by atoms with Gasteiger partial charge in [0.25, 0.3) is 0 Å². The van der Waals surface area contributed by atoms with Gasteiger partial charge in [-0.15, -0.1) is 0 Å². The number of rotatable bonds is 6. The molecule has 0 bridgehead atoms. The van der Waals surface area contributed by atoms with Gasteiger partial charge in [-0.05, 0) is 24.6 Å². The van der Waals surface area contributed by atoms with Gasteiger partial charge in [0, 0.05) is 25.3 Å². The highest BCUT2D eigenvalue weighted by atomic mass is 16.2. The Labute approximate surface area is 141 Å². The fraction of sp³-hybridized carbons (Fsp3) is 0.263. The van der Waals surface area contributed by atoms with Crippen LogP contribution < -0.4 is 10.2 Å². The molecule has 2 aromatic carbocycles. The molecule has 1 aliphatic rings. The minimum Gasteiger partial charge on any atom is -0.365 e. The molecule has 0 aromatic heterocycles. The topological polar surface area (TPSA) is 52.6 Å². The number of benzene rings is 2. The number of carbonyl (C=O) groups excluding carboxylic acids is 2. The SMILES string of the molecule is Cc1ccc(N(CCN2C(=O)CNC2=O)Cc2ccccc2)cc1. The van der Waals surface area contributed by atoms with Crippen molar-refractivity contribution < 1.29 is 9.59 Å². The summed E-state index contributed by atoms with van der Waals surface area (Å²) in [7, 11) is 0. The second-order valence-electron chi connectivity index (χ2n) is 5.95. The van der Waals surface area contributed by atoms with Crippen LogP contribution in [-0.2, 0) is 11.3 Å². The number of imide groups is 1. The van der Waals surface area contributed by atoms with E-state index >= 15 is 0 Å². The van der Waals surface area contributed by atoms with Gasteiger partial charge < -0.3 is 10.2 Å². The molecule has 1 N–H and O–H groups in total. The van der Waals surface area contributed by atoms with Gasteiger partial charge >= 0.3 is 6.03 Å². The van der Waals surface area contributed by atoms with Gasteiger partial charge in [-0.1, -0.05) is 48.0 Å². The molecule has 5 nitrogen and oxygen atoms in total. The van der Waals surface area contributed by atoms with Crippen LogP contribution in [-0.4, -0.2) is 36.5 Å². The minimum absolute atomic E-state index is 0.0993. The molecule has 24 heavy (non-hydrogen) atoms. The molecule has 1 heterocycles. The maximum absolute atomic E-state index is 11.8. The smallest absolute Gasteiger partial charge is 0.324 e. The van der Waals surface area contributed by atoms with Crippen molar-refractivity contribution in [1.82, 2.24) is 10.2 Å². The third kappa shape index (κ3) is 3.74. The monoisotopic (exact) mass is 323 g/mol. The number of nitrogens with one attached hydrogen (secondary N) is 1. The molecule has 5 heteroatoms. The highest BCUT2D eigenvalue weighted by molar-refractivity contribution is 6.01. The van der Waals surface area contributed by atoms with E-state index < -0.39 is 0 Å². The van der Waals surface area contributed by atoms with Gasteiger partial charge in [-0.3, -0.25) is 9.69 Å². The highest BCUT2D eigenvalue weighted by Crippen LogP contribution is 2.18. The van der Waals surface area contributed by atoms with Crippen molar-refractivity contribution in [2.24, 2.45) is 0 Å². The van der Waals surface area contributed by atoms with Crippen molar-refractivity contribution in [2.45, 2.75) is 13.5 Å². The van der Waals surface area contributed by atoms with Gasteiger partial charge in [0.1, 0.15) is 0 Å². The van der Waals surface area contributed by atoms with Gasteiger partial charge in [-0.2, -0.15) is 0 Å². The van der Waals surface area contributed by atoms with Crippen molar-refractivity contribution in [2.75, 3.05) is 24.5 Å². The fourth-order valence-corrected chi connectivity index (χ4v) is 2.76. The molecular formula is C19H21N3O2. The third-order valence-electron chi connectivity index (χ3n) is 4.15. The van der Waals surface area contributed by atoms with Crippen molar-refractivity contribution in [1.29, 1.82) is 0 Å². The van der Waals surface area contributed by atoms with Crippen LogP contribution in [0.2, 0.25) is 0 Å². The first-order valence-electron chi connectivity index (χ1n) is 8.07. The lowest BCUT2D eigenvalue weighted by Gasteiger charge is -2.27. The van der Waals surface area contributed by atoms with Gasteiger partial charge in [0.15, 0.2) is 0 Å². The van der Waals surface area contributed by atoms with Crippen LogP contribution in [0.3, 0.4) is 0 Å². The Morgan fingerprint density at radius 2 is 1.75 bits per heavy atom. The summed E-state index contributed by atoms with van der Waals surface area (Å²) in [5.74, 6) is -0.163. The first-order valence-corrected chi connectivity index (χ1v) is 8.07. The number of hydrogen-bond acceptors (Lipinski definition) is 3. The van der Waals surface area contributed by atoms with Crippen molar-refractivity contribution in [3.8, 4) is 0 Å². The summed E-state index contributed by atoms with van der Waals surface area (Å²) in [5.41, 5.74) is 3.47. The normalized spacial score (nSPS) is 14.0. The Kier molecular flexibility index (Phi) is 4.79. The van der Waals surface area contributed by atoms with E-state index in [0.29, 0.717) is 13.1 Å². The molecule has 2 aromatic rings. The summed E-state index contributed by atoms with van der Waals surface area (Å²) in [6.45, 7) is 3.86. The maximum atomic E-state index is 11.8. The molecule has 124 valence electrons. The highest BCUT2D eigenvalue weighted by Gasteiger charge is 2.28. The lowest BCUT2D eigenvalue weighted by molar-refractivity contribution is -0.124. The molecule has 0 atom stereocenters. The first kappa shape index (κ1) is 16.1. The van der Waals surface area contributed by atoms with E-state index in [4.69, 9.17) is 0 Å². The minimum atomic E-state index is -0.302. The summed E-state index contributed by atoms with van der Waals surface area (Å²) in [5, 5.41) is 2.56. The van der Waals surface area contributed by atoms with Crippen molar-refractivity contribution in [3.05, 3.63) is 65.7 Å². The molecule has 1 fully saturated rings. The summed E-state index contributed by atoms with van der Waals surface area (Å²) >= 11 is 0. The zero-order valence-electron chi connectivity index (χ0n) is 13.7. The third-order valence-corrected chi connectivity index (χ3v) is 4.15. The van der Waals surface area contributed by atoms with Gasteiger partial charge in [0.05, 0.1) is 6.54 Å². The summed E-state index contributed by atoms with van der Waals surface area (Å²) in [6.07, 6.45) is 0. The Balaban J connectivity index is 1.75. The largest absolute Gasteiger partial charge is 0.365 e. The maximum Gasteiger partial charge on any atom is 0.324 e. The number of nitrogens with zero attached hydrogens (tertiary/aromatic N) is 2. The van der Waals surface area contributed by atoms with E-state index in [1.54, 1.807) is 0 Å². The standard InChI is InChI=1S/C19H21N3O2/c1-15-7-9-17(10-8-15)21(14-16-5-3-2-4-6-16)11-12-22-18(23)13-20-19(22)24/h2-10H,11-14H2,1H3,(H,20,24). The Hall–Kier alpha value is -2.82. The number of aryl methyl sites for hydroxylation is 1. The molecule has 0 radical (unpaired) electrons. The molecule has 0 unspecified atom stereocenters. The average molecular weight is 323 g/mol. The molecule has 0 aliphatic carbocycles. The zero-order chi connectivity index (χ0) is 16.9. The Morgan fingerprint density at radius 3 is 2.38 bits per heavy atom. The van der Waals surface area contributed by atoms with Crippen LogP contribution in [0.4, 0.5) is 10.5 Å². The molecule has 1 saturated heterocycles. The number of amides is 3. The Bertz CT molecular complexity index is 697. The van der Waals surface area contributed by atoms with Crippen LogP contribution in [0.1, 0.15) is 11.1 Å². The van der Waals surface area contributed by atoms with Crippen LogP contribution in [0.5, 0.6) is 0 Å². The second-order valence-corrected chi connectivity index (χ2v) is 5.95. The van der Waals surface area contributed by atoms with Gasteiger partial charge in [0.2, 0.25) is 5.91 Å². The van der Waals surface area contributed by atoms with Crippen molar-refractivity contribution >= 4 is 17.6 Å². The zero-order valence-corrected chi connectivity index (χ0v) is 13.7. The molecule has 0 spiro atoms. The molecular weight excluding hydrogens is 302 g/mol. The van der Waals surface area contributed by atoms with E-state index in [1.165, 1.54) is 16.0 Å². The second kappa shape index (κ2) is 7.17. The number of urea groups is 1. The molecule has 1 aliphatic heterocycles. The van der Waals surface area contributed by atoms with E-state index in [2.05, 4.69) is 53.5 Å². The summed E-state index contributed by atoms with van der Waals surface area (Å²) in [6, 6.07) is 18.2. The quantitative estimate of drug-likeness (QED) is 0.831. The summed E-state index contributed by atoms with van der Waals surface area (Å²) < 4.78 is 0. The van der Waals surface area contributed by atoms with Crippen LogP contribution in [0.15, 0.2) is 54.6 Å². The number of hydrogen-bond donors (Lipinski definition) is 1. The molecule has 0 saturated carbocycles. The van der Waals surface area contributed by atoms with Crippen LogP contribution in [0.25, 0.3) is 0 Å². The molecule has 3 amide bonds. The van der Waals surface area contributed by atoms with E-state index in [1.807, 2.05) is 18.2 Å². The van der Waals surface area contributed by atoms with E-state index in [0.717, 1.165) is 12.2 Å². The first-order chi connectivity index (χ1) is 11.6.